The van der Waals surface area contributed by atoms with Crippen LogP contribution in [0.2, 0.25) is 0 Å². The van der Waals surface area contributed by atoms with Crippen LogP contribution in [0.4, 0.5) is 0 Å². The number of fused-ring (bicyclic) bond motifs is 6. The molecular weight excluding hydrogens is 737 g/mol. The molecule has 0 saturated carbocycles. The van der Waals surface area contributed by atoms with Crippen molar-refractivity contribution < 1.29 is 18.9 Å². The Bertz CT molecular complexity index is 2200. The van der Waals surface area contributed by atoms with Gasteiger partial charge in [0, 0.05) is 44.5 Å². The van der Waals surface area contributed by atoms with Crippen LogP contribution >= 0.6 is 0 Å². The Kier molecular flexibility index (Phi) is 10.7. The largest absolute Gasteiger partial charge is 0.496 e. The zero-order valence-corrected chi connectivity index (χ0v) is 41.4. The van der Waals surface area contributed by atoms with E-state index in [1.807, 2.05) is 14.2 Å². The van der Waals surface area contributed by atoms with Crippen LogP contribution in [0.25, 0.3) is 22.3 Å². The minimum absolute atomic E-state index is 0.133. The number of ether oxygens (including phenoxy) is 4. The third kappa shape index (κ3) is 6.78. The van der Waals surface area contributed by atoms with Crippen molar-refractivity contribution in [3.8, 4) is 45.3 Å². The molecule has 4 heteroatoms. The SMILES string of the molecule is COc1c(C(C)(C)C)ccc2c1-c1c(ccc(C(C)(C)C)c1OC=COc1c(C(C)(C)C)ccc3c1-c1c(ccc(C(C)(C)C)c1OC)C(C)(C)C3(C)C)C(C)(C)C2(C)C. The van der Waals surface area contributed by atoms with Gasteiger partial charge in [0.1, 0.15) is 35.5 Å². The predicted molar refractivity (Wildman–Crippen MR) is 254 cm³/mol. The first-order valence-electron chi connectivity index (χ1n) is 22.1. The van der Waals surface area contributed by atoms with Gasteiger partial charge in [0.05, 0.1) is 14.2 Å². The van der Waals surface area contributed by atoms with Crippen molar-refractivity contribution >= 4 is 0 Å². The lowest BCUT2D eigenvalue weighted by molar-refractivity contribution is 0.294. The van der Waals surface area contributed by atoms with Crippen LogP contribution in [-0.2, 0) is 43.3 Å². The molecule has 0 aliphatic heterocycles. The van der Waals surface area contributed by atoms with Crippen molar-refractivity contribution in [2.24, 2.45) is 0 Å². The van der Waals surface area contributed by atoms with Crippen molar-refractivity contribution in [3.05, 3.63) is 106 Å². The van der Waals surface area contributed by atoms with Crippen LogP contribution in [0.1, 0.15) is 183 Å². The van der Waals surface area contributed by atoms with Gasteiger partial charge in [0.2, 0.25) is 0 Å². The van der Waals surface area contributed by atoms with E-state index in [1.165, 1.54) is 33.4 Å². The molecule has 324 valence electrons. The smallest absolute Gasteiger partial charge is 0.138 e. The number of benzene rings is 4. The van der Waals surface area contributed by atoms with E-state index in [0.717, 1.165) is 56.4 Å². The summed E-state index contributed by atoms with van der Waals surface area (Å²) in [6, 6.07) is 18.4. The second-order valence-corrected chi connectivity index (χ2v) is 23.9. The van der Waals surface area contributed by atoms with Gasteiger partial charge in [-0.05, 0) is 65.6 Å². The van der Waals surface area contributed by atoms with Gasteiger partial charge in [0.25, 0.3) is 0 Å². The molecular formula is C56H76O4. The highest BCUT2D eigenvalue weighted by Gasteiger charge is 2.51. The van der Waals surface area contributed by atoms with E-state index in [-0.39, 0.29) is 43.3 Å². The second kappa shape index (κ2) is 14.2. The van der Waals surface area contributed by atoms with Gasteiger partial charge in [-0.15, -0.1) is 0 Å². The number of hydrogen-bond acceptors (Lipinski definition) is 4. The minimum Gasteiger partial charge on any atom is -0.496 e. The van der Waals surface area contributed by atoms with Crippen molar-refractivity contribution in [1.29, 1.82) is 0 Å². The van der Waals surface area contributed by atoms with Crippen molar-refractivity contribution in [2.45, 2.75) is 182 Å². The fourth-order valence-corrected chi connectivity index (χ4v) is 9.98. The summed E-state index contributed by atoms with van der Waals surface area (Å²) < 4.78 is 27.0. The first kappa shape index (κ1) is 45.3. The molecule has 0 atom stereocenters. The highest BCUT2D eigenvalue weighted by molar-refractivity contribution is 5.90. The van der Waals surface area contributed by atoms with Crippen molar-refractivity contribution in [2.75, 3.05) is 14.2 Å². The normalized spacial score (nSPS) is 17.6. The molecule has 0 bridgehead atoms. The van der Waals surface area contributed by atoms with Gasteiger partial charge in [-0.1, -0.05) is 187 Å². The van der Waals surface area contributed by atoms with Gasteiger partial charge in [-0.3, -0.25) is 0 Å². The van der Waals surface area contributed by atoms with E-state index in [2.05, 4.69) is 187 Å². The molecule has 0 amide bonds. The van der Waals surface area contributed by atoms with E-state index in [1.54, 1.807) is 12.5 Å². The summed E-state index contributed by atoms with van der Waals surface area (Å²) in [7, 11) is 3.62. The Morgan fingerprint density at radius 1 is 0.333 bits per heavy atom. The third-order valence-electron chi connectivity index (χ3n) is 15.0. The maximum absolute atomic E-state index is 7.06. The van der Waals surface area contributed by atoms with Gasteiger partial charge in [-0.2, -0.15) is 0 Å². The van der Waals surface area contributed by atoms with E-state index in [4.69, 9.17) is 18.9 Å². The average Bonchev–Trinajstić information content (AvgIpc) is 3.11. The molecule has 2 aliphatic rings. The van der Waals surface area contributed by atoms with Crippen LogP contribution in [0, 0.1) is 0 Å². The molecule has 0 N–H and O–H groups in total. The lowest BCUT2D eigenvalue weighted by atomic mass is 9.54. The molecule has 2 aliphatic carbocycles. The fraction of sp³-hybridized carbons (Fsp3) is 0.536. The topological polar surface area (TPSA) is 36.9 Å². The summed E-state index contributed by atoms with van der Waals surface area (Å²) >= 11 is 0. The average molecular weight is 813 g/mol. The molecule has 0 fully saturated rings. The van der Waals surface area contributed by atoms with E-state index in [9.17, 15) is 0 Å². The second-order valence-electron chi connectivity index (χ2n) is 23.9. The molecule has 4 nitrogen and oxygen atoms in total. The van der Waals surface area contributed by atoms with E-state index in [0.29, 0.717) is 0 Å². The van der Waals surface area contributed by atoms with Crippen molar-refractivity contribution in [3.63, 3.8) is 0 Å². The van der Waals surface area contributed by atoms with Crippen LogP contribution in [0.15, 0.2) is 61.1 Å². The lowest BCUT2D eigenvalue weighted by Gasteiger charge is -2.49. The third-order valence-corrected chi connectivity index (χ3v) is 15.0. The molecule has 0 spiro atoms. The van der Waals surface area contributed by atoms with Gasteiger partial charge in [-0.25, -0.2) is 0 Å². The monoisotopic (exact) mass is 813 g/mol. The number of hydrogen-bond donors (Lipinski definition) is 0. The highest BCUT2D eigenvalue weighted by atomic mass is 16.5. The van der Waals surface area contributed by atoms with Crippen LogP contribution in [-0.4, -0.2) is 14.2 Å². The summed E-state index contributed by atoms with van der Waals surface area (Å²) in [5.74, 6) is 3.51. The quantitative estimate of drug-likeness (QED) is 0.182. The molecule has 60 heavy (non-hydrogen) atoms. The summed E-state index contributed by atoms with van der Waals surface area (Å²) in [6.45, 7) is 46.0. The summed E-state index contributed by atoms with van der Waals surface area (Å²) in [5, 5.41) is 0. The van der Waals surface area contributed by atoms with Gasteiger partial charge in [0.15, 0.2) is 0 Å². The standard InChI is InChI=1S/C56H76O4/c1-49(2,3)37-27-23-33-41(45(37)57-21)43-35(55(17,18)53(33,13)14)25-29-39(51(7,8)9)47(43)59-31-32-60-48-40(52(10,11)12)30-26-36-44(48)42-34(54(15,16)56(36,19)20)24-28-38(46(42)58-22)50(4,5)6/h23-32H,1-22H3. The Morgan fingerprint density at radius 2 is 0.533 bits per heavy atom. The molecule has 6 rings (SSSR count). The number of methoxy groups -OCH3 is 2. The summed E-state index contributed by atoms with van der Waals surface area (Å²) in [4.78, 5) is 0. The Morgan fingerprint density at radius 3 is 0.733 bits per heavy atom. The molecule has 0 unspecified atom stereocenters. The fourth-order valence-electron chi connectivity index (χ4n) is 9.98. The maximum Gasteiger partial charge on any atom is 0.138 e. The van der Waals surface area contributed by atoms with Crippen LogP contribution in [0.3, 0.4) is 0 Å². The summed E-state index contributed by atoms with van der Waals surface area (Å²) in [5.41, 5.74) is 12.5. The first-order valence-corrected chi connectivity index (χ1v) is 22.1. The molecule has 4 aromatic carbocycles. The lowest BCUT2D eigenvalue weighted by Crippen LogP contribution is -2.44. The zero-order valence-electron chi connectivity index (χ0n) is 41.4. The number of rotatable bonds is 6. The zero-order chi connectivity index (χ0) is 45.1. The van der Waals surface area contributed by atoms with Crippen LogP contribution < -0.4 is 18.9 Å². The van der Waals surface area contributed by atoms with E-state index < -0.39 is 0 Å². The van der Waals surface area contributed by atoms with Crippen molar-refractivity contribution in [1.82, 2.24) is 0 Å². The highest BCUT2D eigenvalue weighted by Crippen LogP contribution is 2.63. The molecule has 0 radical (unpaired) electrons. The van der Waals surface area contributed by atoms with Gasteiger partial charge < -0.3 is 18.9 Å². The molecule has 0 heterocycles. The minimum atomic E-state index is -0.220. The Balaban J connectivity index is 1.62. The Labute approximate surface area is 364 Å². The maximum atomic E-state index is 7.06. The molecule has 0 aromatic heterocycles. The van der Waals surface area contributed by atoms with Gasteiger partial charge >= 0.3 is 0 Å². The van der Waals surface area contributed by atoms with Crippen LogP contribution in [0.5, 0.6) is 23.0 Å². The molecule has 4 aromatic rings. The summed E-state index contributed by atoms with van der Waals surface area (Å²) in [6.07, 6.45) is 3.51. The van der Waals surface area contributed by atoms with E-state index >= 15 is 0 Å². The molecule has 0 saturated heterocycles. The first-order chi connectivity index (χ1) is 27.3. The predicted octanol–water partition coefficient (Wildman–Crippen LogP) is 15.3. The Hall–Kier alpha value is -4.18.